The van der Waals surface area contributed by atoms with E-state index in [9.17, 15) is 4.79 Å². The SMILES string of the molecule is O=C(O)c1cc(COc2cc(Cl)cc(Cl)c2)ccn1. The van der Waals surface area contributed by atoms with Crippen LogP contribution in [0, 0.1) is 0 Å². The van der Waals surface area contributed by atoms with Crippen molar-refractivity contribution < 1.29 is 14.6 Å². The van der Waals surface area contributed by atoms with Crippen LogP contribution in [-0.4, -0.2) is 16.1 Å². The van der Waals surface area contributed by atoms with Gasteiger partial charge in [0.15, 0.2) is 0 Å². The molecule has 0 spiro atoms. The second-order valence-corrected chi connectivity index (χ2v) is 4.62. The van der Waals surface area contributed by atoms with Crippen molar-refractivity contribution in [2.45, 2.75) is 6.61 Å². The molecule has 0 saturated carbocycles. The maximum absolute atomic E-state index is 10.8. The van der Waals surface area contributed by atoms with E-state index in [-0.39, 0.29) is 12.3 Å². The van der Waals surface area contributed by atoms with Crippen LogP contribution in [0.2, 0.25) is 10.0 Å². The number of halogens is 2. The lowest BCUT2D eigenvalue weighted by Crippen LogP contribution is -2.02. The Hall–Kier alpha value is -1.78. The molecule has 0 bridgehead atoms. The molecule has 0 amide bonds. The topological polar surface area (TPSA) is 59.4 Å². The molecule has 6 heteroatoms. The average molecular weight is 298 g/mol. The minimum Gasteiger partial charge on any atom is -0.489 e. The number of carbonyl (C=O) groups is 1. The van der Waals surface area contributed by atoms with Crippen LogP contribution >= 0.6 is 23.2 Å². The number of aromatic nitrogens is 1. The molecule has 1 aromatic carbocycles. The average Bonchev–Trinajstić information content (AvgIpc) is 2.35. The number of carboxylic acids is 1. The lowest BCUT2D eigenvalue weighted by atomic mass is 10.2. The van der Waals surface area contributed by atoms with E-state index in [0.29, 0.717) is 21.4 Å². The fraction of sp³-hybridized carbons (Fsp3) is 0.0769. The summed E-state index contributed by atoms with van der Waals surface area (Å²) in [5.74, 6) is -0.557. The van der Waals surface area contributed by atoms with E-state index in [1.54, 1.807) is 24.3 Å². The van der Waals surface area contributed by atoms with E-state index in [2.05, 4.69) is 4.98 Å². The molecule has 1 aromatic heterocycles. The molecule has 0 aliphatic rings. The van der Waals surface area contributed by atoms with Crippen molar-refractivity contribution in [3.05, 3.63) is 57.8 Å². The van der Waals surface area contributed by atoms with Gasteiger partial charge in [-0.15, -0.1) is 0 Å². The Morgan fingerprint density at radius 1 is 1.21 bits per heavy atom. The largest absolute Gasteiger partial charge is 0.489 e. The molecular weight excluding hydrogens is 289 g/mol. The molecule has 0 aliphatic heterocycles. The van der Waals surface area contributed by atoms with Crippen LogP contribution in [0.3, 0.4) is 0 Å². The van der Waals surface area contributed by atoms with E-state index in [1.165, 1.54) is 12.3 Å². The quantitative estimate of drug-likeness (QED) is 0.935. The molecule has 1 N–H and O–H groups in total. The third kappa shape index (κ3) is 3.84. The van der Waals surface area contributed by atoms with Crippen LogP contribution in [0.1, 0.15) is 16.1 Å². The summed E-state index contributed by atoms with van der Waals surface area (Å²) in [6.45, 7) is 0.208. The van der Waals surface area contributed by atoms with E-state index >= 15 is 0 Å². The van der Waals surface area contributed by atoms with Crippen LogP contribution in [0.4, 0.5) is 0 Å². The number of ether oxygens (including phenoxy) is 1. The number of aromatic carboxylic acids is 1. The maximum atomic E-state index is 10.8. The Labute approximate surface area is 119 Å². The summed E-state index contributed by atoms with van der Waals surface area (Å²) >= 11 is 11.7. The summed E-state index contributed by atoms with van der Waals surface area (Å²) in [5, 5.41) is 9.78. The highest BCUT2D eigenvalue weighted by atomic mass is 35.5. The summed E-state index contributed by atoms with van der Waals surface area (Å²) in [6.07, 6.45) is 1.42. The Bertz CT molecular complexity index is 596. The van der Waals surface area contributed by atoms with Gasteiger partial charge in [0.1, 0.15) is 18.1 Å². The molecule has 0 radical (unpaired) electrons. The molecule has 0 aliphatic carbocycles. The number of hydrogen-bond acceptors (Lipinski definition) is 3. The van der Waals surface area contributed by atoms with Crippen molar-refractivity contribution in [2.75, 3.05) is 0 Å². The van der Waals surface area contributed by atoms with Gasteiger partial charge in [0, 0.05) is 16.2 Å². The number of rotatable bonds is 4. The van der Waals surface area contributed by atoms with Gasteiger partial charge in [0.25, 0.3) is 0 Å². The van der Waals surface area contributed by atoms with Gasteiger partial charge in [-0.05, 0) is 35.9 Å². The summed E-state index contributed by atoms with van der Waals surface area (Å²) in [5.41, 5.74) is 0.675. The third-order valence-corrected chi connectivity index (χ3v) is 2.72. The Balaban J connectivity index is 2.10. The zero-order valence-electron chi connectivity index (χ0n) is 9.64. The van der Waals surface area contributed by atoms with E-state index in [4.69, 9.17) is 33.0 Å². The summed E-state index contributed by atoms with van der Waals surface area (Å²) in [7, 11) is 0. The first-order valence-electron chi connectivity index (χ1n) is 5.32. The molecule has 19 heavy (non-hydrogen) atoms. The molecule has 0 unspecified atom stereocenters. The molecule has 0 atom stereocenters. The smallest absolute Gasteiger partial charge is 0.354 e. The second kappa shape index (κ2) is 5.91. The predicted octanol–water partition coefficient (Wildman–Crippen LogP) is 3.67. The first-order valence-corrected chi connectivity index (χ1v) is 6.07. The second-order valence-electron chi connectivity index (χ2n) is 3.75. The van der Waals surface area contributed by atoms with Gasteiger partial charge in [-0.3, -0.25) is 0 Å². The van der Waals surface area contributed by atoms with Gasteiger partial charge in [-0.25, -0.2) is 9.78 Å². The molecule has 1 heterocycles. The molecule has 4 nitrogen and oxygen atoms in total. The van der Waals surface area contributed by atoms with Gasteiger partial charge in [0.05, 0.1) is 0 Å². The minimum atomic E-state index is -1.08. The highest BCUT2D eigenvalue weighted by Crippen LogP contribution is 2.24. The highest BCUT2D eigenvalue weighted by Gasteiger charge is 2.06. The first kappa shape index (κ1) is 13.6. The minimum absolute atomic E-state index is 0.0229. The van der Waals surface area contributed by atoms with Crippen molar-refractivity contribution in [1.82, 2.24) is 4.98 Å². The summed E-state index contributed by atoms with van der Waals surface area (Å²) in [6, 6.07) is 8.00. The Morgan fingerprint density at radius 2 is 1.89 bits per heavy atom. The Morgan fingerprint density at radius 3 is 2.53 bits per heavy atom. The number of pyridine rings is 1. The molecule has 2 aromatic rings. The zero-order valence-corrected chi connectivity index (χ0v) is 11.1. The molecule has 0 fully saturated rings. The van der Waals surface area contributed by atoms with Crippen molar-refractivity contribution in [2.24, 2.45) is 0 Å². The van der Waals surface area contributed by atoms with Gasteiger partial charge < -0.3 is 9.84 Å². The van der Waals surface area contributed by atoms with Crippen LogP contribution in [0.15, 0.2) is 36.5 Å². The van der Waals surface area contributed by atoms with E-state index in [0.717, 1.165) is 0 Å². The molecule has 2 rings (SSSR count). The summed E-state index contributed by atoms with van der Waals surface area (Å²) in [4.78, 5) is 14.5. The molecule has 0 saturated heterocycles. The van der Waals surface area contributed by atoms with Gasteiger partial charge >= 0.3 is 5.97 Å². The zero-order chi connectivity index (χ0) is 13.8. The van der Waals surface area contributed by atoms with E-state index < -0.39 is 5.97 Å². The fourth-order valence-electron chi connectivity index (χ4n) is 1.46. The maximum Gasteiger partial charge on any atom is 0.354 e. The Kier molecular flexibility index (Phi) is 4.24. The predicted molar refractivity (Wildman–Crippen MR) is 72.0 cm³/mol. The highest BCUT2D eigenvalue weighted by molar-refractivity contribution is 6.34. The van der Waals surface area contributed by atoms with Crippen molar-refractivity contribution in [1.29, 1.82) is 0 Å². The third-order valence-electron chi connectivity index (χ3n) is 2.29. The molecular formula is C13H9Cl2NO3. The fourth-order valence-corrected chi connectivity index (χ4v) is 1.97. The number of nitrogens with zero attached hydrogens (tertiary/aromatic N) is 1. The van der Waals surface area contributed by atoms with Gasteiger partial charge in [-0.2, -0.15) is 0 Å². The summed E-state index contributed by atoms with van der Waals surface area (Å²) < 4.78 is 5.50. The molecule has 98 valence electrons. The van der Waals surface area contributed by atoms with Crippen LogP contribution in [0.5, 0.6) is 5.75 Å². The lowest BCUT2D eigenvalue weighted by molar-refractivity contribution is 0.0690. The monoisotopic (exact) mass is 297 g/mol. The van der Waals surface area contributed by atoms with Gasteiger partial charge in [0.2, 0.25) is 0 Å². The lowest BCUT2D eigenvalue weighted by Gasteiger charge is -2.07. The van der Waals surface area contributed by atoms with Crippen LogP contribution in [-0.2, 0) is 6.61 Å². The number of carboxylic acid groups (broad SMARTS) is 1. The van der Waals surface area contributed by atoms with Crippen molar-refractivity contribution in [3.8, 4) is 5.75 Å². The van der Waals surface area contributed by atoms with Gasteiger partial charge in [-0.1, -0.05) is 23.2 Å². The first-order chi connectivity index (χ1) is 9.04. The normalized spacial score (nSPS) is 10.2. The van der Waals surface area contributed by atoms with Crippen molar-refractivity contribution >= 4 is 29.2 Å². The van der Waals surface area contributed by atoms with Crippen LogP contribution in [0.25, 0.3) is 0 Å². The standard InChI is InChI=1S/C13H9Cl2NO3/c14-9-4-10(15)6-11(5-9)19-7-8-1-2-16-12(3-8)13(17)18/h1-6H,7H2,(H,17,18). The number of benzene rings is 1. The van der Waals surface area contributed by atoms with Crippen LogP contribution < -0.4 is 4.74 Å². The number of hydrogen-bond donors (Lipinski definition) is 1. The van der Waals surface area contributed by atoms with E-state index in [1.807, 2.05) is 0 Å². The van der Waals surface area contributed by atoms with Crippen molar-refractivity contribution in [3.63, 3.8) is 0 Å².